The number of hydrogen-bond donors (Lipinski definition) is 2. The van der Waals surface area contributed by atoms with Crippen LogP contribution in [0.25, 0.3) is 10.9 Å². The fourth-order valence-corrected chi connectivity index (χ4v) is 3.07. The van der Waals surface area contributed by atoms with Gasteiger partial charge in [0.05, 0.1) is 10.5 Å². The van der Waals surface area contributed by atoms with E-state index >= 15 is 0 Å². The minimum Gasteiger partial charge on any atom is -0.337 e. The highest BCUT2D eigenvalue weighted by Crippen LogP contribution is 2.20. The minimum atomic E-state index is -0.214. The summed E-state index contributed by atoms with van der Waals surface area (Å²) in [6.45, 7) is 6.77. The second-order valence-electron chi connectivity index (χ2n) is 6.08. The molecule has 126 valence electrons. The van der Waals surface area contributed by atoms with Crippen LogP contribution in [0.15, 0.2) is 36.0 Å². The Labute approximate surface area is 144 Å². The summed E-state index contributed by atoms with van der Waals surface area (Å²) in [5.41, 5.74) is 1.68. The normalized spacial score (nSPS) is 12.5. The number of carbonyl (C=O) groups excluding carboxylic acids is 1. The molecule has 1 aromatic carbocycles. The number of thiazole rings is 1. The molecule has 0 fully saturated rings. The van der Waals surface area contributed by atoms with E-state index in [1.807, 2.05) is 41.4 Å². The van der Waals surface area contributed by atoms with Gasteiger partial charge in [-0.2, -0.15) is 5.10 Å². The van der Waals surface area contributed by atoms with E-state index in [1.54, 1.807) is 17.5 Å². The second kappa shape index (κ2) is 7.00. The highest BCUT2D eigenvalue weighted by molar-refractivity contribution is 7.09. The molecule has 0 radical (unpaired) electrons. The number of aromatic nitrogens is 3. The van der Waals surface area contributed by atoms with Gasteiger partial charge in [-0.25, -0.2) is 9.78 Å². The Morgan fingerprint density at radius 1 is 1.33 bits per heavy atom. The van der Waals surface area contributed by atoms with E-state index in [1.165, 1.54) is 0 Å². The molecule has 0 aliphatic heterocycles. The molecule has 6 nitrogen and oxygen atoms in total. The number of anilines is 1. The number of benzene rings is 1. The molecule has 0 unspecified atom stereocenters. The van der Waals surface area contributed by atoms with Crippen molar-refractivity contribution < 1.29 is 4.79 Å². The number of amides is 2. The van der Waals surface area contributed by atoms with Crippen molar-refractivity contribution in [3.8, 4) is 0 Å². The van der Waals surface area contributed by atoms with Gasteiger partial charge in [0.1, 0.15) is 0 Å². The largest absolute Gasteiger partial charge is 0.337 e. The zero-order valence-electron chi connectivity index (χ0n) is 14.0. The van der Waals surface area contributed by atoms with Crippen LogP contribution in [0.5, 0.6) is 0 Å². The lowest BCUT2D eigenvalue weighted by Gasteiger charge is -2.11. The van der Waals surface area contributed by atoms with Gasteiger partial charge in [-0.3, -0.25) is 4.68 Å². The molecule has 0 aliphatic carbocycles. The van der Waals surface area contributed by atoms with Crippen LogP contribution in [0.2, 0.25) is 0 Å². The highest BCUT2D eigenvalue weighted by atomic mass is 32.1. The summed E-state index contributed by atoms with van der Waals surface area (Å²) in [5.74, 6) is 0.197. The molecule has 0 saturated heterocycles. The first kappa shape index (κ1) is 16.4. The van der Waals surface area contributed by atoms with Crippen LogP contribution >= 0.6 is 11.3 Å². The third kappa shape index (κ3) is 3.73. The van der Waals surface area contributed by atoms with Crippen molar-refractivity contribution in [1.29, 1.82) is 0 Å². The van der Waals surface area contributed by atoms with Crippen LogP contribution in [0.1, 0.15) is 37.7 Å². The van der Waals surface area contributed by atoms with Crippen LogP contribution in [0.4, 0.5) is 10.5 Å². The second-order valence-corrected chi connectivity index (χ2v) is 7.01. The molecular formula is C17H21N5OS. The number of carbonyl (C=O) groups is 1. The van der Waals surface area contributed by atoms with Crippen LogP contribution < -0.4 is 10.6 Å². The maximum atomic E-state index is 12.1. The summed E-state index contributed by atoms with van der Waals surface area (Å²) in [6, 6.07) is 5.81. The zero-order valence-corrected chi connectivity index (χ0v) is 14.8. The van der Waals surface area contributed by atoms with Gasteiger partial charge in [-0.1, -0.05) is 6.92 Å². The monoisotopic (exact) mass is 343 g/mol. The molecule has 3 aromatic rings. The van der Waals surface area contributed by atoms with Gasteiger partial charge < -0.3 is 10.6 Å². The van der Waals surface area contributed by atoms with Crippen molar-refractivity contribution in [2.45, 2.75) is 32.7 Å². The number of nitrogens with zero attached hydrogens (tertiary/aromatic N) is 3. The molecule has 0 saturated carbocycles. The van der Waals surface area contributed by atoms with Crippen molar-refractivity contribution >= 4 is 34.0 Å². The maximum absolute atomic E-state index is 12.1. The summed E-state index contributed by atoms with van der Waals surface area (Å²) in [7, 11) is 0. The van der Waals surface area contributed by atoms with Gasteiger partial charge in [0.15, 0.2) is 0 Å². The Morgan fingerprint density at radius 2 is 2.17 bits per heavy atom. The molecule has 3 rings (SSSR count). The van der Waals surface area contributed by atoms with Gasteiger partial charge in [-0.15, -0.1) is 11.3 Å². The first-order chi connectivity index (χ1) is 11.5. The molecule has 7 heteroatoms. The minimum absolute atomic E-state index is 0.197. The highest BCUT2D eigenvalue weighted by Gasteiger charge is 2.11. The van der Waals surface area contributed by atoms with Crippen LogP contribution in [0.3, 0.4) is 0 Å². The summed E-state index contributed by atoms with van der Waals surface area (Å²) < 4.78 is 1.92. The van der Waals surface area contributed by atoms with Crippen LogP contribution in [-0.2, 0) is 0 Å². The van der Waals surface area contributed by atoms with Crippen molar-refractivity contribution in [3.63, 3.8) is 0 Å². The van der Waals surface area contributed by atoms with E-state index in [0.29, 0.717) is 12.6 Å². The van der Waals surface area contributed by atoms with Gasteiger partial charge in [-0.05, 0) is 32.0 Å². The average Bonchev–Trinajstić information content (AvgIpc) is 3.21. The lowest BCUT2D eigenvalue weighted by molar-refractivity contribution is 0.251. The molecule has 2 heterocycles. The lowest BCUT2D eigenvalue weighted by atomic mass is 10.2. The predicted molar refractivity (Wildman–Crippen MR) is 97.7 cm³/mol. The van der Waals surface area contributed by atoms with Gasteiger partial charge in [0.25, 0.3) is 0 Å². The van der Waals surface area contributed by atoms with Crippen molar-refractivity contribution in [3.05, 3.63) is 41.0 Å². The lowest BCUT2D eigenvalue weighted by Crippen LogP contribution is -2.31. The summed E-state index contributed by atoms with van der Waals surface area (Å²) in [4.78, 5) is 16.3. The third-order valence-electron chi connectivity index (χ3n) is 3.75. The Hall–Kier alpha value is -2.41. The Balaban J connectivity index is 1.60. The number of rotatable bonds is 5. The molecule has 2 N–H and O–H groups in total. The van der Waals surface area contributed by atoms with Gasteiger partial charge >= 0.3 is 6.03 Å². The van der Waals surface area contributed by atoms with Crippen molar-refractivity contribution in [2.24, 2.45) is 0 Å². The van der Waals surface area contributed by atoms with E-state index in [0.717, 1.165) is 21.6 Å². The number of hydrogen-bond acceptors (Lipinski definition) is 4. The number of urea groups is 1. The Bertz CT molecular complexity index is 825. The smallest absolute Gasteiger partial charge is 0.319 e. The molecular weight excluding hydrogens is 322 g/mol. The molecule has 0 bridgehead atoms. The van der Waals surface area contributed by atoms with Gasteiger partial charge in [0, 0.05) is 47.4 Å². The van der Waals surface area contributed by atoms with E-state index in [2.05, 4.69) is 34.6 Å². The van der Waals surface area contributed by atoms with E-state index in [-0.39, 0.29) is 11.9 Å². The van der Waals surface area contributed by atoms with Gasteiger partial charge in [0.2, 0.25) is 0 Å². The van der Waals surface area contributed by atoms with Crippen molar-refractivity contribution in [2.75, 3.05) is 11.9 Å². The fraction of sp³-hybridized carbons (Fsp3) is 0.353. The third-order valence-corrected chi connectivity index (χ3v) is 4.76. The molecule has 2 aromatic heterocycles. The van der Waals surface area contributed by atoms with Crippen molar-refractivity contribution in [1.82, 2.24) is 20.1 Å². The SMILES string of the molecule is CC(C)n1cc2cc(NC(=O)NC[C@H](C)c3nccs3)ccc2n1. The van der Waals surface area contributed by atoms with Crippen LogP contribution in [-0.4, -0.2) is 27.3 Å². The summed E-state index contributed by atoms with van der Waals surface area (Å²) >= 11 is 1.60. The number of nitrogens with one attached hydrogen (secondary N) is 2. The topological polar surface area (TPSA) is 71.8 Å². The standard InChI is InChI=1S/C17H21N5OS/c1-11(2)22-10-13-8-14(4-5-15(13)21-22)20-17(23)19-9-12(3)16-18-6-7-24-16/h4-8,10-12H,9H2,1-3H3,(H2,19,20,23)/t12-/m0/s1. The van der Waals surface area contributed by atoms with E-state index < -0.39 is 0 Å². The van der Waals surface area contributed by atoms with E-state index in [9.17, 15) is 4.79 Å². The maximum Gasteiger partial charge on any atom is 0.319 e. The summed E-state index contributed by atoms with van der Waals surface area (Å²) in [5, 5.41) is 14.2. The zero-order chi connectivity index (χ0) is 17.1. The molecule has 0 spiro atoms. The summed E-state index contributed by atoms with van der Waals surface area (Å²) in [6.07, 6.45) is 3.77. The Morgan fingerprint density at radius 3 is 2.88 bits per heavy atom. The van der Waals surface area contributed by atoms with Crippen LogP contribution in [0, 0.1) is 0 Å². The fourth-order valence-electron chi connectivity index (χ4n) is 2.37. The predicted octanol–water partition coefficient (Wildman–Crippen LogP) is 4.00. The molecule has 0 aliphatic rings. The Kier molecular flexibility index (Phi) is 4.80. The first-order valence-electron chi connectivity index (χ1n) is 7.96. The first-order valence-corrected chi connectivity index (χ1v) is 8.84. The molecule has 1 atom stereocenters. The molecule has 24 heavy (non-hydrogen) atoms. The quantitative estimate of drug-likeness (QED) is 0.735. The average molecular weight is 343 g/mol. The number of fused-ring (bicyclic) bond motifs is 1. The van der Waals surface area contributed by atoms with E-state index in [4.69, 9.17) is 0 Å². The molecule has 2 amide bonds.